The molecular weight excluding hydrogens is 376 g/mol. The van der Waals surface area contributed by atoms with Crippen molar-refractivity contribution in [1.82, 2.24) is 4.90 Å². The van der Waals surface area contributed by atoms with Crippen LogP contribution in [0.2, 0.25) is 0 Å². The van der Waals surface area contributed by atoms with Crippen LogP contribution in [0.1, 0.15) is 66.2 Å². The summed E-state index contributed by atoms with van der Waals surface area (Å²) in [6.07, 6.45) is 5.55. The number of esters is 1. The molecule has 0 aromatic rings. The Hall–Kier alpha value is -2.09. The summed E-state index contributed by atoms with van der Waals surface area (Å²) < 4.78 is 15.1. The van der Waals surface area contributed by atoms with Crippen LogP contribution in [0.5, 0.6) is 0 Å². The van der Waals surface area contributed by atoms with E-state index in [1.807, 2.05) is 13.0 Å². The van der Waals surface area contributed by atoms with Gasteiger partial charge in [-0.15, -0.1) is 6.58 Å². The molecule has 0 aromatic heterocycles. The second-order valence-electron chi connectivity index (χ2n) is 7.84. The van der Waals surface area contributed by atoms with E-state index in [0.717, 1.165) is 25.7 Å². The molecule has 1 aliphatic heterocycles. The molecule has 8 nitrogen and oxygen atoms in total. The van der Waals surface area contributed by atoms with Gasteiger partial charge in [0.05, 0.1) is 19.6 Å². The number of likely N-dealkylation sites (tertiary alicyclic amines) is 1. The van der Waals surface area contributed by atoms with Gasteiger partial charge in [-0.3, -0.25) is 4.79 Å². The average Bonchev–Trinajstić information content (AvgIpc) is 3.11. The third-order valence-corrected chi connectivity index (χ3v) is 4.22. The van der Waals surface area contributed by atoms with Crippen molar-refractivity contribution >= 4 is 18.0 Å². The van der Waals surface area contributed by atoms with Gasteiger partial charge < -0.3 is 24.8 Å². The van der Waals surface area contributed by atoms with E-state index in [9.17, 15) is 14.4 Å². The van der Waals surface area contributed by atoms with Gasteiger partial charge in [0.25, 0.3) is 0 Å². The average molecular weight is 415 g/mol. The first-order chi connectivity index (χ1) is 13.6. The maximum atomic E-state index is 12.4. The highest BCUT2D eigenvalue weighted by Crippen LogP contribution is 2.20. The van der Waals surface area contributed by atoms with Crippen LogP contribution in [0.15, 0.2) is 12.7 Å². The number of allylic oxidation sites excluding steroid dienone is 1. The molecule has 8 heteroatoms. The molecule has 29 heavy (non-hydrogen) atoms. The van der Waals surface area contributed by atoms with Crippen molar-refractivity contribution in [2.75, 3.05) is 20.3 Å². The molecule has 2 N–H and O–H groups in total. The zero-order valence-electron chi connectivity index (χ0n) is 18.6. The van der Waals surface area contributed by atoms with Crippen LogP contribution in [-0.4, -0.2) is 60.9 Å². The molecule has 0 bridgehead atoms. The van der Waals surface area contributed by atoms with Gasteiger partial charge in [-0.2, -0.15) is 0 Å². The highest BCUT2D eigenvalue weighted by Gasteiger charge is 2.35. The number of carbonyl (C=O) groups excluding carboxylic acids is 3. The summed E-state index contributed by atoms with van der Waals surface area (Å²) in [5.41, 5.74) is 4.26. The minimum absolute atomic E-state index is 0.0153. The summed E-state index contributed by atoms with van der Waals surface area (Å²) in [7, 11) is 1.36. The van der Waals surface area contributed by atoms with Gasteiger partial charge in [0.2, 0.25) is 5.91 Å². The first-order valence-electron chi connectivity index (χ1n) is 10.1. The lowest BCUT2D eigenvalue weighted by atomic mass is 10.1. The Balaban J connectivity index is 0.000000828. The molecule has 2 amide bonds. The van der Waals surface area contributed by atoms with Crippen LogP contribution in [0.3, 0.4) is 0 Å². The Morgan fingerprint density at radius 2 is 1.97 bits per heavy atom. The highest BCUT2D eigenvalue weighted by atomic mass is 16.6. The van der Waals surface area contributed by atoms with Gasteiger partial charge in [0, 0.05) is 13.2 Å². The molecule has 1 fully saturated rings. The number of hydrogen-bond acceptors (Lipinski definition) is 6. The van der Waals surface area contributed by atoms with Gasteiger partial charge in [-0.25, -0.2) is 9.59 Å². The minimum Gasteiger partial charge on any atom is -0.467 e. The Bertz CT molecular complexity index is 530. The Morgan fingerprint density at radius 3 is 2.41 bits per heavy atom. The smallest absolute Gasteiger partial charge is 0.405 e. The number of hydrogen-bond donors (Lipinski definition) is 1. The maximum absolute atomic E-state index is 12.4. The molecule has 2 atom stereocenters. The molecule has 168 valence electrons. The molecular formula is C21H38N2O6. The van der Waals surface area contributed by atoms with E-state index < -0.39 is 17.7 Å². The molecule has 0 spiro atoms. The zero-order chi connectivity index (χ0) is 22.4. The maximum Gasteiger partial charge on any atom is 0.405 e. The highest BCUT2D eigenvalue weighted by molar-refractivity contribution is 5.85. The van der Waals surface area contributed by atoms with Crippen LogP contribution < -0.4 is 5.73 Å². The largest absolute Gasteiger partial charge is 0.467 e. The van der Waals surface area contributed by atoms with E-state index in [1.54, 1.807) is 25.7 Å². The molecule has 1 heterocycles. The number of nitrogens with zero attached hydrogens (tertiary/aromatic N) is 1. The van der Waals surface area contributed by atoms with Crippen LogP contribution in [-0.2, 0) is 23.8 Å². The molecule has 0 aromatic carbocycles. The van der Waals surface area contributed by atoms with E-state index >= 15 is 0 Å². The van der Waals surface area contributed by atoms with E-state index in [-0.39, 0.29) is 18.0 Å². The molecule has 1 saturated heterocycles. The number of methoxy groups -OCH3 is 1. The molecule has 2 unspecified atom stereocenters. The standard InChI is InChI=1S/C16H27NO4.C5H11NO2/c1-4-6-7-11-21-13(5-2)12-15(18)17-10-8-9-14(17)16(19)20-3;1-5(2,3)8-4(6)7/h4,13-14H,1,5-12H2,2-3H3;1-3H3,(H2,6,7). The van der Waals surface area contributed by atoms with Gasteiger partial charge in [-0.1, -0.05) is 13.0 Å². The number of primary amides is 1. The normalized spacial score (nSPS) is 17.0. The Morgan fingerprint density at radius 1 is 1.31 bits per heavy atom. The third-order valence-electron chi connectivity index (χ3n) is 4.22. The quantitative estimate of drug-likeness (QED) is 0.353. The Labute approximate surface area is 174 Å². The van der Waals surface area contributed by atoms with Crippen molar-refractivity contribution in [3.05, 3.63) is 12.7 Å². The number of amides is 2. The second-order valence-corrected chi connectivity index (χ2v) is 7.84. The van der Waals surface area contributed by atoms with Crippen LogP contribution in [0.25, 0.3) is 0 Å². The van der Waals surface area contributed by atoms with E-state index in [0.29, 0.717) is 26.0 Å². The number of unbranched alkanes of at least 4 members (excludes halogenated alkanes) is 1. The number of carbonyl (C=O) groups is 3. The van der Waals surface area contributed by atoms with Crippen molar-refractivity contribution in [1.29, 1.82) is 0 Å². The molecule has 0 saturated carbocycles. The van der Waals surface area contributed by atoms with Crippen molar-refractivity contribution in [3.63, 3.8) is 0 Å². The molecule has 1 rings (SSSR count). The van der Waals surface area contributed by atoms with Crippen molar-refractivity contribution in [2.45, 2.75) is 84.0 Å². The van der Waals surface area contributed by atoms with E-state index in [1.165, 1.54) is 7.11 Å². The predicted octanol–water partition coefficient (Wildman–Crippen LogP) is 3.18. The fourth-order valence-electron chi connectivity index (χ4n) is 2.86. The van der Waals surface area contributed by atoms with E-state index in [2.05, 4.69) is 11.3 Å². The minimum atomic E-state index is -0.725. The number of rotatable bonds is 9. The summed E-state index contributed by atoms with van der Waals surface area (Å²) in [5, 5.41) is 0. The summed E-state index contributed by atoms with van der Waals surface area (Å²) in [4.78, 5) is 35.7. The molecule has 0 aliphatic carbocycles. The molecule has 0 radical (unpaired) electrons. The predicted molar refractivity (Wildman–Crippen MR) is 111 cm³/mol. The monoisotopic (exact) mass is 414 g/mol. The SMILES string of the molecule is C=CCCCOC(CC)CC(=O)N1CCCC1C(=O)OC.CC(C)(C)OC(N)=O. The molecule has 1 aliphatic rings. The number of nitrogens with two attached hydrogens (primary N) is 1. The van der Waals surface area contributed by atoms with Gasteiger partial charge in [0.1, 0.15) is 11.6 Å². The summed E-state index contributed by atoms with van der Waals surface area (Å²) in [6, 6.07) is -0.416. The van der Waals surface area contributed by atoms with Crippen molar-refractivity contribution in [2.24, 2.45) is 5.73 Å². The van der Waals surface area contributed by atoms with Gasteiger partial charge in [0.15, 0.2) is 0 Å². The fraction of sp³-hybridized carbons (Fsp3) is 0.762. The van der Waals surface area contributed by atoms with Gasteiger partial charge >= 0.3 is 12.1 Å². The van der Waals surface area contributed by atoms with Gasteiger partial charge in [-0.05, 0) is 52.9 Å². The van der Waals surface area contributed by atoms with Crippen molar-refractivity contribution in [3.8, 4) is 0 Å². The Kier molecular flexibility index (Phi) is 13.0. The lowest BCUT2D eigenvalue weighted by molar-refractivity contribution is -0.151. The lowest BCUT2D eigenvalue weighted by Gasteiger charge is -2.25. The summed E-state index contributed by atoms with van der Waals surface area (Å²) in [5.74, 6) is -0.334. The van der Waals surface area contributed by atoms with Crippen molar-refractivity contribution < 1.29 is 28.6 Å². The zero-order valence-corrected chi connectivity index (χ0v) is 18.6. The van der Waals surface area contributed by atoms with E-state index in [4.69, 9.17) is 15.2 Å². The van der Waals surface area contributed by atoms with Crippen LogP contribution >= 0.6 is 0 Å². The van der Waals surface area contributed by atoms with Crippen LogP contribution in [0.4, 0.5) is 4.79 Å². The lowest BCUT2D eigenvalue weighted by Crippen LogP contribution is -2.42. The summed E-state index contributed by atoms with van der Waals surface area (Å²) >= 11 is 0. The second kappa shape index (κ2) is 14.0. The number of ether oxygens (including phenoxy) is 3. The first kappa shape index (κ1) is 26.9. The summed E-state index contributed by atoms with van der Waals surface area (Å²) in [6.45, 7) is 12.2. The third kappa shape index (κ3) is 12.2. The first-order valence-corrected chi connectivity index (χ1v) is 10.1. The topological polar surface area (TPSA) is 108 Å². The fourth-order valence-corrected chi connectivity index (χ4v) is 2.86. The van der Waals surface area contributed by atoms with Crippen LogP contribution in [0, 0.1) is 0 Å².